The predicted molar refractivity (Wildman–Crippen MR) is 131 cm³/mol. The summed E-state index contributed by atoms with van der Waals surface area (Å²) in [5.41, 5.74) is 6.21. The van der Waals surface area contributed by atoms with Gasteiger partial charge in [-0.15, -0.1) is 0 Å². The predicted octanol–water partition coefficient (Wildman–Crippen LogP) is 5.03. The first-order valence-corrected chi connectivity index (χ1v) is 10.7. The highest BCUT2D eigenvalue weighted by Gasteiger charge is 2.07. The van der Waals surface area contributed by atoms with E-state index in [0.717, 1.165) is 34.5 Å². The van der Waals surface area contributed by atoms with E-state index in [4.69, 9.17) is 10.1 Å². The largest absolute Gasteiger partial charge is 0.484 e. The Morgan fingerprint density at radius 1 is 1.09 bits per heavy atom. The Kier molecular flexibility index (Phi) is 7.22. The molecule has 166 valence electrons. The van der Waals surface area contributed by atoms with Crippen molar-refractivity contribution in [3.8, 4) is 11.1 Å². The lowest BCUT2D eigenvalue weighted by Crippen LogP contribution is -2.01. The Morgan fingerprint density at radius 2 is 1.97 bits per heavy atom. The van der Waals surface area contributed by atoms with Crippen LogP contribution in [-0.2, 0) is 17.7 Å². The fourth-order valence-electron chi connectivity index (χ4n) is 3.40. The molecule has 4 aromatic rings. The number of rotatable bonds is 9. The van der Waals surface area contributed by atoms with E-state index in [1.807, 2.05) is 71.9 Å². The number of ether oxygens (including phenoxy) is 1. The first kappa shape index (κ1) is 22.0. The number of pyridine rings is 2. The molecule has 0 atom stereocenters. The van der Waals surface area contributed by atoms with E-state index in [-0.39, 0.29) is 0 Å². The van der Waals surface area contributed by atoms with Crippen molar-refractivity contribution >= 4 is 17.7 Å². The molecule has 2 N–H and O–H groups in total. The SMILES string of the molecule is COC(=N)CCc1ccc(N/C=C/c2cnccc2-c2cnn(Cc3ccccn3)c2)cc1. The van der Waals surface area contributed by atoms with E-state index >= 15 is 0 Å². The van der Waals surface area contributed by atoms with Gasteiger partial charge in [-0.05, 0) is 54.0 Å². The zero-order valence-electron chi connectivity index (χ0n) is 18.5. The maximum atomic E-state index is 7.58. The fraction of sp³-hybridized carbons (Fsp3) is 0.154. The molecular formula is C26H26N6O. The van der Waals surface area contributed by atoms with Crippen LogP contribution in [0.2, 0.25) is 0 Å². The molecule has 0 unspecified atom stereocenters. The number of nitrogens with one attached hydrogen (secondary N) is 2. The van der Waals surface area contributed by atoms with Crippen molar-refractivity contribution in [3.63, 3.8) is 0 Å². The Morgan fingerprint density at radius 3 is 2.76 bits per heavy atom. The Balaban J connectivity index is 1.40. The molecule has 0 spiro atoms. The summed E-state index contributed by atoms with van der Waals surface area (Å²) in [5.74, 6) is 0.301. The molecule has 0 radical (unpaired) electrons. The average molecular weight is 439 g/mol. The molecule has 33 heavy (non-hydrogen) atoms. The molecule has 1 aromatic carbocycles. The molecule has 0 fully saturated rings. The second-order valence-corrected chi connectivity index (χ2v) is 7.51. The van der Waals surface area contributed by atoms with Crippen LogP contribution in [0.5, 0.6) is 0 Å². The van der Waals surface area contributed by atoms with Gasteiger partial charge in [-0.25, -0.2) is 0 Å². The van der Waals surface area contributed by atoms with Gasteiger partial charge in [0.15, 0.2) is 5.90 Å². The summed E-state index contributed by atoms with van der Waals surface area (Å²) in [6.45, 7) is 0.626. The van der Waals surface area contributed by atoms with Crippen LogP contribution in [0.25, 0.3) is 17.2 Å². The van der Waals surface area contributed by atoms with E-state index in [1.54, 1.807) is 12.4 Å². The highest BCUT2D eigenvalue weighted by atomic mass is 16.5. The summed E-state index contributed by atoms with van der Waals surface area (Å²) < 4.78 is 6.80. The van der Waals surface area contributed by atoms with E-state index < -0.39 is 0 Å². The molecule has 0 aliphatic carbocycles. The van der Waals surface area contributed by atoms with Crippen molar-refractivity contribution in [1.29, 1.82) is 5.41 Å². The van der Waals surface area contributed by atoms with Gasteiger partial charge in [0.25, 0.3) is 0 Å². The van der Waals surface area contributed by atoms with E-state index in [1.165, 1.54) is 12.7 Å². The lowest BCUT2D eigenvalue weighted by atomic mass is 10.1. The van der Waals surface area contributed by atoms with Gasteiger partial charge in [-0.1, -0.05) is 18.2 Å². The number of nitrogens with zero attached hydrogens (tertiary/aromatic N) is 4. The number of benzene rings is 1. The van der Waals surface area contributed by atoms with Gasteiger partial charge in [-0.3, -0.25) is 20.1 Å². The van der Waals surface area contributed by atoms with Crippen LogP contribution in [0.1, 0.15) is 23.2 Å². The van der Waals surface area contributed by atoms with Gasteiger partial charge in [0, 0.05) is 54.2 Å². The summed E-state index contributed by atoms with van der Waals surface area (Å²) >= 11 is 0. The molecule has 0 saturated heterocycles. The van der Waals surface area contributed by atoms with Gasteiger partial charge in [-0.2, -0.15) is 5.10 Å². The first-order valence-electron chi connectivity index (χ1n) is 10.7. The molecular weight excluding hydrogens is 412 g/mol. The first-order chi connectivity index (χ1) is 16.2. The third-order valence-electron chi connectivity index (χ3n) is 5.20. The second kappa shape index (κ2) is 10.9. The van der Waals surface area contributed by atoms with Crippen molar-refractivity contribution in [3.05, 3.63) is 103 Å². The minimum absolute atomic E-state index is 0.301. The maximum absolute atomic E-state index is 7.58. The third kappa shape index (κ3) is 6.13. The lowest BCUT2D eigenvalue weighted by Gasteiger charge is -2.06. The monoisotopic (exact) mass is 438 g/mol. The number of hydrogen-bond acceptors (Lipinski definition) is 6. The number of hydrogen-bond donors (Lipinski definition) is 2. The molecule has 3 aromatic heterocycles. The molecule has 3 heterocycles. The molecule has 0 aliphatic rings. The van der Waals surface area contributed by atoms with Crippen LogP contribution in [0.3, 0.4) is 0 Å². The van der Waals surface area contributed by atoms with Crippen molar-refractivity contribution < 1.29 is 4.74 Å². The Bertz CT molecular complexity index is 1220. The fourth-order valence-corrected chi connectivity index (χ4v) is 3.40. The van der Waals surface area contributed by atoms with Gasteiger partial charge in [0.1, 0.15) is 0 Å². The molecule has 0 bridgehead atoms. The maximum Gasteiger partial charge on any atom is 0.180 e. The molecule has 4 rings (SSSR count). The molecule has 0 saturated carbocycles. The van der Waals surface area contributed by atoms with Crippen molar-refractivity contribution in [2.24, 2.45) is 0 Å². The number of aromatic nitrogens is 4. The van der Waals surface area contributed by atoms with E-state index in [0.29, 0.717) is 18.9 Å². The van der Waals surface area contributed by atoms with E-state index in [2.05, 4.69) is 32.5 Å². The average Bonchev–Trinajstić information content (AvgIpc) is 3.32. The van der Waals surface area contributed by atoms with Gasteiger partial charge in [0.05, 0.1) is 25.5 Å². The van der Waals surface area contributed by atoms with Crippen molar-refractivity contribution in [2.75, 3.05) is 12.4 Å². The zero-order chi connectivity index (χ0) is 22.9. The van der Waals surface area contributed by atoms with Crippen LogP contribution in [-0.4, -0.2) is 32.8 Å². The Hall–Kier alpha value is -4.26. The van der Waals surface area contributed by atoms with Crippen LogP contribution in [0, 0.1) is 5.41 Å². The third-order valence-corrected chi connectivity index (χ3v) is 5.20. The summed E-state index contributed by atoms with van der Waals surface area (Å²) in [6, 6.07) is 16.1. The van der Waals surface area contributed by atoms with Crippen LogP contribution in [0.4, 0.5) is 5.69 Å². The van der Waals surface area contributed by atoms with Gasteiger partial charge in [0.2, 0.25) is 0 Å². The van der Waals surface area contributed by atoms with Crippen LogP contribution >= 0.6 is 0 Å². The van der Waals surface area contributed by atoms with Crippen molar-refractivity contribution in [2.45, 2.75) is 19.4 Å². The van der Waals surface area contributed by atoms with Crippen LogP contribution < -0.4 is 5.32 Å². The summed E-state index contributed by atoms with van der Waals surface area (Å²) in [5, 5.41) is 15.4. The minimum Gasteiger partial charge on any atom is -0.484 e. The smallest absolute Gasteiger partial charge is 0.180 e. The van der Waals surface area contributed by atoms with Crippen LogP contribution in [0.15, 0.2) is 85.7 Å². The molecule has 0 amide bonds. The molecule has 7 heteroatoms. The number of aryl methyl sites for hydroxylation is 1. The van der Waals surface area contributed by atoms with E-state index in [9.17, 15) is 0 Å². The molecule has 0 aliphatic heterocycles. The van der Waals surface area contributed by atoms with Gasteiger partial charge >= 0.3 is 0 Å². The topological polar surface area (TPSA) is 88.7 Å². The van der Waals surface area contributed by atoms with Gasteiger partial charge < -0.3 is 10.1 Å². The lowest BCUT2D eigenvalue weighted by molar-refractivity contribution is 0.386. The summed E-state index contributed by atoms with van der Waals surface area (Å²) in [7, 11) is 1.53. The minimum atomic E-state index is 0.301. The highest BCUT2D eigenvalue weighted by Crippen LogP contribution is 2.24. The quantitative estimate of drug-likeness (QED) is 0.283. The summed E-state index contributed by atoms with van der Waals surface area (Å²) in [4.78, 5) is 8.65. The summed E-state index contributed by atoms with van der Waals surface area (Å²) in [6.07, 6.45) is 14.6. The molecule has 7 nitrogen and oxygen atoms in total. The number of anilines is 1. The highest BCUT2D eigenvalue weighted by molar-refractivity contribution is 5.74. The zero-order valence-corrected chi connectivity index (χ0v) is 18.5. The second-order valence-electron chi connectivity index (χ2n) is 7.51. The normalized spacial score (nSPS) is 10.9. The standard InChI is InChI=1S/C26H26N6O/c1-33-26(27)10-7-20-5-8-23(9-6-20)30-15-11-21-16-28-14-12-25(21)22-17-31-32(18-22)19-24-4-2-3-13-29-24/h2-6,8-9,11-18,27,30H,7,10,19H2,1H3/b15-11+,27-26?. The van der Waals surface area contributed by atoms with Crippen molar-refractivity contribution in [1.82, 2.24) is 19.7 Å². The number of methoxy groups -OCH3 is 1. The Labute approximate surface area is 193 Å².